The molecular formula is C68H113NO3. The molecule has 4 heteroatoms. The Morgan fingerprint density at radius 3 is 0.972 bits per heavy atom. The Kier molecular flexibility index (Phi) is 58.4. The van der Waals surface area contributed by atoms with Gasteiger partial charge in [-0.15, -0.1) is 0 Å². The van der Waals surface area contributed by atoms with E-state index in [9.17, 15) is 15.0 Å². The van der Waals surface area contributed by atoms with Crippen LogP contribution >= 0.6 is 0 Å². The fourth-order valence-corrected chi connectivity index (χ4v) is 8.28. The van der Waals surface area contributed by atoms with Gasteiger partial charge in [-0.05, 0) is 109 Å². The van der Waals surface area contributed by atoms with Gasteiger partial charge in [0.15, 0.2) is 0 Å². The summed E-state index contributed by atoms with van der Waals surface area (Å²) in [5.74, 6) is -0.0832. The van der Waals surface area contributed by atoms with E-state index in [2.05, 4.69) is 153 Å². The second-order valence-corrected chi connectivity index (χ2v) is 19.7. The largest absolute Gasteiger partial charge is 0.394 e. The van der Waals surface area contributed by atoms with Crippen molar-refractivity contribution in [2.75, 3.05) is 6.61 Å². The minimum atomic E-state index is -0.874. The molecule has 0 aliphatic heterocycles. The van der Waals surface area contributed by atoms with E-state index in [0.717, 1.165) is 103 Å². The van der Waals surface area contributed by atoms with Crippen LogP contribution in [0.25, 0.3) is 0 Å². The van der Waals surface area contributed by atoms with E-state index in [1.807, 2.05) is 6.08 Å². The summed E-state index contributed by atoms with van der Waals surface area (Å²) in [5.41, 5.74) is 0. The number of carbonyl (C=O) groups is 1. The zero-order valence-electron chi connectivity index (χ0n) is 46.9. The van der Waals surface area contributed by atoms with Crippen LogP contribution in [0.5, 0.6) is 0 Å². The molecule has 0 saturated carbocycles. The predicted molar refractivity (Wildman–Crippen MR) is 321 cm³/mol. The van der Waals surface area contributed by atoms with Crippen LogP contribution in [0.2, 0.25) is 0 Å². The standard InChI is InChI=1S/C68H113NO3/c1-3-5-7-9-11-13-15-17-19-21-23-24-25-26-27-28-29-30-31-32-33-34-35-36-37-38-39-40-41-42-43-44-46-48-50-52-54-56-58-60-62-64-68(72)69-66(65-70)67(71)63-61-59-57-55-53-51-49-47-45-22-20-18-16-14-12-10-8-6-4-2/h5,7,11,13,17,19,23-24,26-27,29-30,32-33,35-36,38-39,41-42,53,55,61,63,66-67,70-71H,3-4,6,8-10,12,14-16,18,20-22,25,28,31,34,37,40,43-52,54,56-60,62,64-65H2,1-2H3,(H,69,72)/b7-5-,13-11-,19-17-,24-23-,27-26-,30-29-,33-32-,36-35-,39-38-,42-41-,55-53+,63-61+. The quantitative estimate of drug-likeness (QED) is 0.0420. The van der Waals surface area contributed by atoms with Crippen molar-refractivity contribution < 1.29 is 15.0 Å². The second kappa shape index (κ2) is 61.6. The average Bonchev–Trinajstić information content (AvgIpc) is 3.39. The van der Waals surface area contributed by atoms with Crippen LogP contribution in [-0.2, 0) is 4.79 Å². The molecule has 0 saturated heterocycles. The minimum Gasteiger partial charge on any atom is -0.394 e. The summed E-state index contributed by atoms with van der Waals surface area (Å²) in [6, 6.07) is -0.651. The van der Waals surface area contributed by atoms with E-state index >= 15 is 0 Å². The van der Waals surface area contributed by atoms with Gasteiger partial charge in [0.25, 0.3) is 0 Å². The van der Waals surface area contributed by atoms with Gasteiger partial charge in [-0.1, -0.05) is 288 Å². The second-order valence-electron chi connectivity index (χ2n) is 19.7. The lowest BCUT2D eigenvalue weighted by Crippen LogP contribution is -2.45. The smallest absolute Gasteiger partial charge is 0.220 e. The Hall–Kier alpha value is -3.73. The van der Waals surface area contributed by atoms with Gasteiger partial charge in [0.1, 0.15) is 0 Å². The fraction of sp³-hybridized carbons (Fsp3) is 0.632. The van der Waals surface area contributed by atoms with Crippen molar-refractivity contribution in [2.45, 2.75) is 270 Å². The third kappa shape index (κ3) is 57.2. The summed E-state index contributed by atoms with van der Waals surface area (Å²) >= 11 is 0. The molecule has 1 amide bonds. The van der Waals surface area contributed by atoms with Crippen molar-refractivity contribution in [1.29, 1.82) is 0 Å². The number of allylic oxidation sites excluding steroid dienone is 23. The molecule has 72 heavy (non-hydrogen) atoms. The molecule has 2 unspecified atom stereocenters. The molecule has 0 spiro atoms. The van der Waals surface area contributed by atoms with Gasteiger partial charge in [0, 0.05) is 6.42 Å². The highest BCUT2D eigenvalue weighted by atomic mass is 16.3. The van der Waals surface area contributed by atoms with E-state index in [1.165, 1.54) is 135 Å². The van der Waals surface area contributed by atoms with Gasteiger partial charge in [0.2, 0.25) is 5.91 Å². The number of carbonyl (C=O) groups excluding carboxylic acids is 1. The third-order valence-corrected chi connectivity index (χ3v) is 12.8. The summed E-state index contributed by atoms with van der Waals surface area (Å²) in [5, 5.41) is 23.1. The van der Waals surface area contributed by atoms with Gasteiger partial charge in [-0.2, -0.15) is 0 Å². The van der Waals surface area contributed by atoms with Crippen molar-refractivity contribution in [3.8, 4) is 0 Å². The molecule has 408 valence electrons. The van der Waals surface area contributed by atoms with Gasteiger partial charge in [0.05, 0.1) is 18.8 Å². The number of amides is 1. The molecular weight excluding hydrogens is 879 g/mol. The molecule has 0 aromatic carbocycles. The maximum Gasteiger partial charge on any atom is 0.220 e. The zero-order chi connectivity index (χ0) is 52.0. The van der Waals surface area contributed by atoms with Crippen molar-refractivity contribution in [3.05, 3.63) is 146 Å². The minimum absolute atomic E-state index is 0.0832. The van der Waals surface area contributed by atoms with Crippen LogP contribution < -0.4 is 5.32 Å². The lowest BCUT2D eigenvalue weighted by molar-refractivity contribution is -0.123. The lowest BCUT2D eigenvalue weighted by Gasteiger charge is -2.19. The van der Waals surface area contributed by atoms with E-state index in [-0.39, 0.29) is 12.5 Å². The Morgan fingerprint density at radius 2 is 0.625 bits per heavy atom. The molecule has 4 nitrogen and oxygen atoms in total. The molecule has 0 rings (SSSR count). The first-order valence-electron chi connectivity index (χ1n) is 30.0. The Labute approximate surface area is 446 Å². The van der Waals surface area contributed by atoms with Crippen LogP contribution in [0.4, 0.5) is 0 Å². The molecule has 0 aliphatic carbocycles. The molecule has 0 aromatic heterocycles. The fourth-order valence-electron chi connectivity index (χ4n) is 8.28. The number of rotatable bonds is 53. The Morgan fingerprint density at radius 1 is 0.347 bits per heavy atom. The number of hydrogen-bond donors (Lipinski definition) is 3. The maximum atomic E-state index is 12.5. The number of aliphatic hydroxyl groups is 2. The molecule has 2 atom stereocenters. The molecule has 0 aromatic rings. The van der Waals surface area contributed by atoms with Crippen LogP contribution in [0.1, 0.15) is 258 Å². The summed E-state index contributed by atoms with van der Waals surface area (Å²) in [6.07, 6.45) is 97.3. The molecule has 0 aliphatic rings. The molecule has 0 radical (unpaired) electrons. The lowest BCUT2D eigenvalue weighted by atomic mass is 10.0. The third-order valence-electron chi connectivity index (χ3n) is 12.8. The summed E-state index contributed by atoms with van der Waals surface area (Å²) in [6.45, 7) is 4.18. The Balaban J connectivity index is 3.63. The van der Waals surface area contributed by atoms with Gasteiger partial charge >= 0.3 is 0 Å². The number of hydrogen-bond acceptors (Lipinski definition) is 3. The SMILES string of the molecule is CC/C=C\C/C=C\C/C=C\C/C=C\C/C=C\C/C=C\C/C=C\C/C=C\C/C=C\C/C=C\CCCCCCCCCCCCC(=O)NC(CO)C(O)/C=C/CC/C=C/CCCCCCCCCCCCCCC. The normalized spacial score (nSPS) is 13.9. The topological polar surface area (TPSA) is 69.6 Å². The summed E-state index contributed by atoms with van der Waals surface area (Å²) in [7, 11) is 0. The Bertz CT molecular complexity index is 1500. The average molecular weight is 993 g/mol. The number of unbranched alkanes of at least 4 members (excludes halogenated alkanes) is 24. The van der Waals surface area contributed by atoms with Crippen LogP contribution in [-0.4, -0.2) is 34.9 Å². The van der Waals surface area contributed by atoms with Crippen LogP contribution in [0.15, 0.2) is 146 Å². The van der Waals surface area contributed by atoms with Crippen molar-refractivity contribution in [3.63, 3.8) is 0 Å². The molecule has 3 N–H and O–H groups in total. The monoisotopic (exact) mass is 992 g/mol. The van der Waals surface area contributed by atoms with Gasteiger partial charge in [-0.25, -0.2) is 0 Å². The van der Waals surface area contributed by atoms with Crippen molar-refractivity contribution in [2.24, 2.45) is 0 Å². The highest BCUT2D eigenvalue weighted by molar-refractivity contribution is 5.76. The highest BCUT2D eigenvalue weighted by Gasteiger charge is 2.18. The van der Waals surface area contributed by atoms with Crippen molar-refractivity contribution in [1.82, 2.24) is 5.32 Å². The maximum absolute atomic E-state index is 12.5. The first-order chi connectivity index (χ1) is 35.7. The summed E-state index contributed by atoms with van der Waals surface area (Å²) < 4.78 is 0. The van der Waals surface area contributed by atoms with E-state index < -0.39 is 12.1 Å². The molecule has 0 heterocycles. The predicted octanol–water partition coefficient (Wildman–Crippen LogP) is 20.4. The van der Waals surface area contributed by atoms with E-state index in [1.54, 1.807) is 6.08 Å². The van der Waals surface area contributed by atoms with E-state index in [0.29, 0.717) is 6.42 Å². The van der Waals surface area contributed by atoms with E-state index in [4.69, 9.17) is 0 Å². The van der Waals surface area contributed by atoms with Gasteiger partial charge < -0.3 is 15.5 Å². The first-order valence-corrected chi connectivity index (χ1v) is 30.0. The molecule has 0 fully saturated rings. The molecule has 0 bridgehead atoms. The van der Waals surface area contributed by atoms with Crippen LogP contribution in [0.3, 0.4) is 0 Å². The van der Waals surface area contributed by atoms with Crippen LogP contribution in [0, 0.1) is 0 Å². The number of aliphatic hydroxyl groups excluding tert-OH is 2. The summed E-state index contributed by atoms with van der Waals surface area (Å²) in [4.78, 5) is 12.5. The van der Waals surface area contributed by atoms with Crippen molar-refractivity contribution >= 4 is 5.91 Å². The zero-order valence-corrected chi connectivity index (χ0v) is 46.9. The van der Waals surface area contributed by atoms with Gasteiger partial charge in [-0.3, -0.25) is 4.79 Å². The first kappa shape index (κ1) is 68.3. The number of nitrogens with one attached hydrogen (secondary N) is 1. The highest BCUT2D eigenvalue weighted by Crippen LogP contribution is 2.15.